The minimum absolute atomic E-state index is 0.101. The van der Waals surface area contributed by atoms with Crippen LogP contribution in [0.3, 0.4) is 0 Å². The lowest BCUT2D eigenvalue weighted by atomic mass is 9.79. The van der Waals surface area contributed by atoms with E-state index in [1.165, 1.54) is 4.57 Å². The third-order valence-electron chi connectivity index (χ3n) is 7.05. The first-order valence-electron chi connectivity index (χ1n) is 12.5. The lowest BCUT2D eigenvalue weighted by molar-refractivity contribution is -0.152. The number of fused-ring (bicyclic) bond motifs is 2. The molecule has 0 N–H and O–H groups in total. The minimum Gasteiger partial charge on any atom is -0.428 e. The average molecular weight is 560 g/mol. The van der Waals surface area contributed by atoms with Gasteiger partial charge in [-0.2, -0.15) is 0 Å². The molecule has 2 aromatic rings. The summed E-state index contributed by atoms with van der Waals surface area (Å²) in [4.78, 5) is 42.1. The number of halogens is 1. The average Bonchev–Trinajstić information content (AvgIpc) is 3.12. The van der Waals surface area contributed by atoms with Gasteiger partial charge in [0.25, 0.3) is 0 Å². The zero-order chi connectivity index (χ0) is 26.1. The highest BCUT2D eigenvalue weighted by Gasteiger charge is 2.38. The monoisotopic (exact) mass is 559 g/mol. The summed E-state index contributed by atoms with van der Waals surface area (Å²) in [5, 5.41) is 0.977. The van der Waals surface area contributed by atoms with Gasteiger partial charge in [0.1, 0.15) is 0 Å². The standard InChI is InChI=1S/C27H34BrN3O5/c1-6-30(7-2)26(33)17-12-19-18-9-8-10-21-24(18)20(13-22(19)29(5)14-17)25(28)31(21)27(34)36-15-35-23(32)11-16(3)4/h8-10,12,16-17,22H,6-7,11,13-15H2,1-5H3. The van der Waals surface area contributed by atoms with E-state index < -0.39 is 18.9 Å². The van der Waals surface area contributed by atoms with Crippen LogP contribution in [0.1, 0.15) is 45.2 Å². The number of rotatable bonds is 7. The second kappa shape index (κ2) is 10.8. The van der Waals surface area contributed by atoms with Crippen LogP contribution in [0, 0.1) is 11.8 Å². The van der Waals surface area contributed by atoms with Crippen LogP contribution >= 0.6 is 15.9 Å². The Balaban J connectivity index is 1.67. The number of amides is 1. The maximum Gasteiger partial charge on any atom is 0.422 e. The molecular weight excluding hydrogens is 526 g/mol. The van der Waals surface area contributed by atoms with E-state index in [-0.39, 0.29) is 30.2 Å². The van der Waals surface area contributed by atoms with Crippen LogP contribution in [0.25, 0.3) is 16.5 Å². The number of carbonyl (C=O) groups is 3. The number of hydrogen-bond acceptors (Lipinski definition) is 6. The van der Waals surface area contributed by atoms with Crippen LogP contribution in [0.5, 0.6) is 0 Å². The van der Waals surface area contributed by atoms with Gasteiger partial charge in [0.15, 0.2) is 0 Å². The van der Waals surface area contributed by atoms with Crippen molar-refractivity contribution in [1.82, 2.24) is 14.4 Å². The summed E-state index contributed by atoms with van der Waals surface area (Å²) in [6.07, 6.45) is 2.48. The van der Waals surface area contributed by atoms with Crippen molar-refractivity contribution in [2.24, 2.45) is 11.8 Å². The maximum atomic E-state index is 13.2. The molecule has 1 amide bonds. The summed E-state index contributed by atoms with van der Waals surface area (Å²) >= 11 is 3.64. The molecular formula is C27H34BrN3O5. The van der Waals surface area contributed by atoms with Gasteiger partial charge in [0, 0.05) is 37.5 Å². The molecule has 2 unspecified atom stereocenters. The molecule has 0 radical (unpaired) electrons. The van der Waals surface area contributed by atoms with Gasteiger partial charge in [0.05, 0.1) is 16.0 Å². The molecule has 8 nitrogen and oxygen atoms in total. The highest BCUT2D eigenvalue weighted by atomic mass is 79.9. The molecule has 2 aliphatic rings. The van der Waals surface area contributed by atoms with Crippen LogP contribution in [-0.4, -0.2) is 71.9 Å². The molecule has 1 aromatic carbocycles. The Morgan fingerprint density at radius 1 is 1.17 bits per heavy atom. The smallest absolute Gasteiger partial charge is 0.422 e. The second-order valence-electron chi connectivity index (χ2n) is 9.85. The lowest BCUT2D eigenvalue weighted by Crippen LogP contribution is -2.47. The van der Waals surface area contributed by atoms with Gasteiger partial charge < -0.3 is 14.4 Å². The molecule has 36 heavy (non-hydrogen) atoms. The Bertz CT molecular complexity index is 1210. The van der Waals surface area contributed by atoms with Crippen molar-refractivity contribution >= 4 is 50.4 Å². The van der Waals surface area contributed by atoms with E-state index in [4.69, 9.17) is 9.47 Å². The van der Waals surface area contributed by atoms with Crippen LogP contribution in [-0.2, 0) is 25.5 Å². The highest BCUT2D eigenvalue weighted by Crippen LogP contribution is 2.45. The second-order valence-corrected chi connectivity index (χ2v) is 10.6. The molecule has 1 aliphatic heterocycles. The number of aromatic nitrogens is 1. The molecule has 1 aromatic heterocycles. The summed E-state index contributed by atoms with van der Waals surface area (Å²) < 4.78 is 12.5. The molecule has 2 atom stereocenters. The molecule has 0 spiro atoms. The van der Waals surface area contributed by atoms with Gasteiger partial charge >= 0.3 is 12.1 Å². The van der Waals surface area contributed by atoms with Gasteiger partial charge in [0.2, 0.25) is 12.7 Å². The number of likely N-dealkylation sites (N-methyl/N-ethyl adjacent to an activating group) is 1. The Kier molecular flexibility index (Phi) is 7.90. The molecule has 1 aliphatic carbocycles. The molecule has 0 saturated carbocycles. The van der Waals surface area contributed by atoms with E-state index >= 15 is 0 Å². The zero-order valence-electron chi connectivity index (χ0n) is 21.5. The quantitative estimate of drug-likeness (QED) is 0.362. The van der Waals surface area contributed by atoms with Gasteiger partial charge in [-0.1, -0.05) is 32.1 Å². The summed E-state index contributed by atoms with van der Waals surface area (Å²) in [7, 11) is 2.05. The molecule has 0 fully saturated rings. The Hall–Kier alpha value is -2.65. The summed E-state index contributed by atoms with van der Waals surface area (Å²) in [6, 6.07) is 5.95. The SMILES string of the molecule is CCN(CC)C(=O)C1C=C2c3cccc4c3c(c(Br)n4C(=O)OCOC(=O)CC(C)C)CC2N(C)C1. The van der Waals surface area contributed by atoms with Crippen LogP contribution in [0.15, 0.2) is 28.9 Å². The first-order valence-corrected chi connectivity index (χ1v) is 13.3. The zero-order valence-corrected chi connectivity index (χ0v) is 23.1. The number of hydrogen-bond donors (Lipinski definition) is 0. The largest absolute Gasteiger partial charge is 0.428 e. The van der Waals surface area contributed by atoms with Gasteiger partial charge in [-0.25, -0.2) is 9.36 Å². The predicted octanol–water partition coefficient (Wildman–Crippen LogP) is 4.67. The normalized spacial score (nSPS) is 19.1. The highest BCUT2D eigenvalue weighted by molar-refractivity contribution is 9.10. The fraction of sp³-hybridized carbons (Fsp3) is 0.519. The van der Waals surface area contributed by atoms with E-state index in [9.17, 15) is 14.4 Å². The van der Waals surface area contributed by atoms with Gasteiger partial charge in [-0.05, 0) is 71.9 Å². The Morgan fingerprint density at radius 3 is 2.56 bits per heavy atom. The molecule has 0 bridgehead atoms. The summed E-state index contributed by atoms with van der Waals surface area (Å²) in [5.74, 6) is -0.307. The van der Waals surface area contributed by atoms with Crippen LogP contribution in [0.2, 0.25) is 0 Å². The van der Waals surface area contributed by atoms with Crippen molar-refractivity contribution in [2.45, 2.75) is 46.6 Å². The number of esters is 1. The Labute approximate surface area is 220 Å². The van der Waals surface area contributed by atoms with Crippen molar-refractivity contribution in [1.29, 1.82) is 0 Å². The molecule has 2 heterocycles. The van der Waals surface area contributed by atoms with Gasteiger partial charge in [-0.3, -0.25) is 14.5 Å². The van der Waals surface area contributed by atoms with E-state index in [0.717, 1.165) is 22.1 Å². The van der Waals surface area contributed by atoms with E-state index in [1.807, 2.05) is 44.7 Å². The number of ether oxygens (including phenoxy) is 2. The van der Waals surface area contributed by atoms with E-state index in [1.54, 1.807) is 0 Å². The van der Waals surface area contributed by atoms with Gasteiger partial charge in [-0.15, -0.1) is 0 Å². The number of carbonyl (C=O) groups excluding carboxylic acids is 3. The topological polar surface area (TPSA) is 81.1 Å². The van der Waals surface area contributed by atoms with Crippen LogP contribution in [0.4, 0.5) is 4.79 Å². The molecule has 194 valence electrons. The third-order valence-corrected chi connectivity index (χ3v) is 7.88. The summed E-state index contributed by atoms with van der Waals surface area (Å²) in [6.45, 7) is 9.43. The van der Waals surface area contributed by atoms with Crippen LogP contribution < -0.4 is 0 Å². The number of benzene rings is 1. The fourth-order valence-electron chi connectivity index (χ4n) is 5.30. The Morgan fingerprint density at radius 2 is 1.89 bits per heavy atom. The minimum atomic E-state index is -0.616. The van der Waals surface area contributed by atoms with Crippen molar-refractivity contribution in [3.63, 3.8) is 0 Å². The van der Waals surface area contributed by atoms with Crippen molar-refractivity contribution in [3.8, 4) is 0 Å². The van der Waals surface area contributed by atoms with Crippen molar-refractivity contribution < 1.29 is 23.9 Å². The first-order chi connectivity index (χ1) is 17.2. The van der Waals surface area contributed by atoms with E-state index in [2.05, 4.69) is 40.0 Å². The van der Waals surface area contributed by atoms with E-state index in [0.29, 0.717) is 36.2 Å². The maximum absolute atomic E-state index is 13.2. The molecule has 9 heteroatoms. The molecule has 0 saturated heterocycles. The molecule has 4 rings (SSSR count). The first kappa shape index (κ1) is 26.4. The third kappa shape index (κ3) is 4.83. The summed E-state index contributed by atoms with van der Waals surface area (Å²) in [5.41, 5.74) is 3.88. The lowest BCUT2D eigenvalue weighted by Gasteiger charge is -2.40. The van der Waals surface area contributed by atoms with Crippen molar-refractivity contribution in [3.05, 3.63) is 40.0 Å². The van der Waals surface area contributed by atoms with Crippen molar-refractivity contribution in [2.75, 3.05) is 33.5 Å². The fourth-order valence-corrected chi connectivity index (χ4v) is 5.99. The number of nitrogens with zero attached hydrogens (tertiary/aromatic N) is 3. The predicted molar refractivity (Wildman–Crippen MR) is 141 cm³/mol.